The van der Waals surface area contributed by atoms with E-state index in [1.807, 2.05) is 0 Å². The van der Waals surface area contributed by atoms with Crippen LogP contribution in [0.2, 0.25) is 0 Å². The van der Waals surface area contributed by atoms with Crippen molar-refractivity contribution in [1.82, 2.24) is 0 Å². The van der Waals surface area contributed by atoms with E-state index < -0.39 is 0 Å². The molecular formula is C6H13NO. The van der Waals surface area contributed by atoms with Gasteiger partial charge in [-0.15, -0.1) is 0 Å². The first-order valence-corrected chi connectivity index (χ1v) is 3.20. The van der Waals surface area contributed by atoms with Gasteiger partial charge in [0.05, 0.1) is 12.7 Å². The number of rotatable bonds is 1. The fourth-order valence-corrected chi connectivity index (χ4v) is 1.02. The summed E-state index contributed by atoms with van der Waals surface area (Å²) >= 11 is 0. The molecule has 2 atom stereocenters. The van der Waals surface area contributed by atoms with Gasteiger partial charge in [-0.1, -0.05) is 6.92 Å². The Hall–Kier alpha value is -0.0800. The molecule has 0 amide bonds. The minimum atomic E-state index is 0.306. The highest BCUT2D eigenvalue weighted by molar-refractivity contribution is 4.73. The lowest BCUT2D eigenvalue weighted by Gasteiger charge is -2.01. The molecule has 8 heavy (non-hydrogen) atoms. The van der Waals surface area contributed by atoms with E-state index in [2.05, 4.69) is 6.92 Å². The van der Waals surface area contributed by atoms with Gasteiger partial charge in [-0.25, -0.2) is 0 Å². The second-order valence-electron chi connectivity index (χ2n) is 2.36. The largest absolute Gasteiger partial charge is 0.377 e. The molecule has 0 spiro atoms. The number of hydrogen-bond acceptors (Lipinski definition) is 2. The monoisotopic (exact) mass is 115 g/mol. The van der Waals surface area contributed by atoms with Crippen LogP contribution >= 0.6 is 0 Å². The molecule has 0 aliphatic carbocycles. The van der Waals surface area contributed by atoms with Gasteiger partial charge in [0.2, 0.25) is 0 Å². The number of hydrogen-bond donors (Lipinski definition) is 1. The smallest absolute Gasteiger partial charge is 0.0622 e. The Bertz CT molecular complexity index is 74.9. The van der Waals surface area contributed by atoms with Crippen molar-refractivity contribution in [2.75, 3.05) is 6.61 Å². The zero-order chi connectivity index (χ0) is 5.98. The summed E-state index contributed by atoms with van der Waals surface area (Å²) < 4.78 is 5.29. The lowest BCUT2D eigenvalue weighted by atomic mass is 10.1. The van der Waals surface area contributed by atoms with E-state index in [0.29, 0.717) is 12.1 Å². The van der Waals surface area contributed by atoms with Crippen molar-refractivity contribution >= 4 is 0 Å². The number of nitrogens with two attached hydrogens (primary N) is 1. The molecule has 0 aromatic carbocycles. The molecule has 1 rings (SSSR count). The van der Waals surface area contributed by atoms with Crippen molar-refractivity contribution in [3.8, 4) is 0 Å². The molecule has 48 valence electrons. The van der Waals surface area contributed by atoms with Crippen molar-refractivity contribution in [3.63, 3.8) is 0 Å². The lowest BCUT2D eigenvalue weighted by Crippen LogP contribution is -2.19. The summed E-state index contributed by atoms with van der Waals surface area (Å²) in [4.78, 5) is 0. The van der Waals surface area contributed by atoms with Crippen LogP contribution in [0.4, 0.5) is 0 Å². The van der Waals surface area contributed by atoms with Crippen LogP contribution in [-0.2, 0) is 4.74 Å². The first kappa shape index (κ1) is 6.05. The Balaban J connectivity index is 2.22. The average molecular weight is 115 g/mol. The molecule has 1 aliphatic rings. The normalized spacial score (nSPS) is 38.2. The van der Waals surface area contributed by atoms with Crippen LogP contribution < -0.4 is 5.73 Å². The van der Waals surface area contributed by atoms with Crippen molar-refractivity contribution in [2.24, 2.45) is 5.73 Å². The SMILES string of the molecule is CCC1CC(N)CO1. The van der Waals surface area contributed by atoms with E-state index in [0.717, 1.165) is 19.4 Å². The van der Waals surface area contributed by atoms with Crippen molar-refractivity contribution in [3.05, 3.63) is 0 Å². The summed E-state index contributed by atoms with van der Waals surface area (Å²) in [7, 11) is 0. The maximum Gasteiger partial charge on any atom is 0.0622 e. The third kappa shape index (κ3) is 1.20. The van der Waals surface area contributed by atoms with Gasteiger partial charge in [-0.3, -0.25) is 0 Å². The Morgan fingerprint density at radius 1 is 1.75 bits per heavy atom. The summed E-state index contributed by atoms with van der Waals surface area (Å²) in [6.07, 6.45) is 2.61. The molecule has 1 fully saturated rings. The molecule has 2 unspecified atom stereocenters. The predicted molar refractivity (Wildman–Crippen MR) is 32.6 cm³/mol. The van der Waals surface area contributed by atoms with E-state index in [-0.39, 0.29) is 0 Å². The molecule has 1 heterocycles. The van der Waals surface area contributed by atoms with Gasteiger partial charge in [-0.05, 0) is 12.8 Å². The molecule has 2 heteroatoms. The molecule has 0 aromatic heterocycles. The minimum absolute atomic E-state index is 0.306. The second kappa shape index (κ2) is 2.46. The fourth-order valence-electron chi connectivity index (χ4n) is 1.02. The first-order chi connectivity index (χ1) is 3.83. The summed E-state index contributed by atoms with van der Waals surface area (Å²) in [6.45, 7) is 2.89. The lowest BCUT2D eigenvalue weighted by molar-refractivity contribution is 0.107. The van der Waals surface area contributed by atoms with Crippen molar-refractivity contribution in [1.29, 1.82) is 0 Å². The molecular weight excluding hydrogens is 102 g/mol. The zero-order valence-corrected chi connectivity index (χ0v) is 5.26. The van der Waals surface area contributed by atoms with Gasteiger partial charge < -0.3 is 10.5 Å². The van der Waals surface area contributed by atoms with Crippen LogP contribution in [0, 0.1) is 0 Å². The van der Waals surface area contributed by atoms with Gasteiger partial charge in [0, 0.05) is 6.04 Å². The highest BCUT2D eigenvalue weighted by Gasteiger charge is 2.19. The van der Waals surface area contributed by atoms with E-state index in [4.69, 9.17) is 10.5 Å². The van der Waals surface area contributed by atoms with E-state index in [9.17, 15) is 0 Å². The minimum Gasteiger partial charge on any atom is -0.377 e. The predicted octanol–water partition coefficient (Wildman–Crippen LogP) is 0.513. The maximum absolute atomic E-state index is 5.58. The Labute approximate surface area is 50.0 Å². The van der Waals surface area contributed by atoms with Gasteiger partial charge in [0.15, 0.2) is 0 Å². The Morgan fingerprint density at radius 3 is 2.75 bits per heavy atom. The molecule has 1 saturated heterocycles. The van der Waals surface area contributed by atoms with Crippen LogP contribution in [-0.4, -0.2) is 18.8 Å². The molecule has 2 N–H and O–H groups in total. The molecule has 0 aromatic rings. The zero-order valence-electron chi connectivity index (χ0n) is 5.26. The quantitative estimate of drug-likeness (QED) is 0.540. The summed E-state index contributed by atoms with van der Waals surface area (Å²) in [5.74, 6) is 0. The van der Waals surface area contributed by atoms with Crippen LogP contribution in [0.15, 0.2) is 0 Å². The third-order valence-electron chi connectivity index (χ3n) is 1.57. The van der Waals surface area contributed by atoms with Crippen LogP contribution in [0.25, 0.3) is 0 Å². The molecule has 0 bridgehead atoms. The summed E-state index contributed by atoms with van der Waals surface area (Å²) in [6, 6.07) is 0.306. The Kier molecular flexibility index (Phi) is 1.86. The topological polar surface area (TPSA) is 35.2 Å². The van der Waals surface area contributed by atoms with Crippen molar-refractivity contribution in [2.45, 2.75) is 31.9 Å². The van der Waals surface area contributed by atoms with E-state index in [1.54, 1.807) is 0 Å². The van der Waals surface area contributed by atoms with Gasteiger partial charge >= 0.3 is 0 Å². The van der Waals surface area contributed by atoms with Crippen molar-refractivity contribution < 1.29 is 4.74 Å². The standard InChI is InChI=1S/C6H13NO/c1-2-6-3-5(7)4-8-6/h5-6H,2-4,7H2,1H3. The van der Waals surface area contributed by atoms with Crippen LogP contribution in [0.1, 0.15) is 19.8 Å². The fraction of sp³-hybridized carbons (Fsp3) is 1.00. The van der Waals surface area contributed by atoms with Gasteiger partial charge in [0.1, 0.15) is 0 Å². The highest BCUT2D eigenvalue weighted by atomic mass is 16.5. The molecule has 2 nitrogen and oxygen atoms in total. The Morgan fingerprint density at radius 2 is 2.50 bits per heavy atom. The molecule has 1 aliphatic heterocycles. The van der Waals surface area contributed by atoms with Gasteiger partial charge in [-0.2, -0.15) is 0 Å². The van der Waals surface area contributed by atoms with Crippen LogP contribution in [0.5, 0.6) is 0 Å². The van der Waals surface area contributed by atoms with Gasteiger partial charge in [0.25, 0.3) is 0 Å². The van der Waals surface area contributed by atoms with E-state index >= 15 is 0 Å². The van der Waals surface area contributed by atoms with E-state index in [1.165, 1.54) is 0 Å². The molecule has 0 saturated carbocycles. The summed E-state index contributed by atoms with van der Waals surface area (Å²) in [5, 5.41) is 0. The average Bonchev–Trinajstić information content (AvgIpc) is 2.14. The third-order valence-corrected chi connectivity index (χ3v) is 1.57. The second-order valence-corrected chi connectivity index (χ2v) is 2.36. The van der Waals surface area contributed by atoms with Crippen LogP contribution in [0.3, 0.4) is 0 Å². The highest BCUT2D eigenvalue weighted by Crippen LogP contribution is 2.13. The summed E-state index contributed by atoms with van der Waals surface area (Å²) in [5.41, 5.74) is 5.58. The number of ether oxygens (including phenoxy) is 1. The maximum atomic E-state index is 5.58. The first-order valence-electron chi connectivity index (χ1n) is 3.20. The molecule has 0 radical (unpaired) electrons.